The molecule has 2 aliphatic heterocycles. The van der Waals surface area contributed by atoms with E-state index in [9.17, 15) is 9.59 Å². The fourth-order valence-corrected chi connectivity index (χ4v) is 8.23. The van der Waals surface area contributed by atoms with Gasteiger partial charge in [0, 0.05) is 40.8 Å². The van der Waals surface area contributed by atoms with Gasteiger partial charge in [0.1, 0.15) is 24.2 Å². The van der Waals surface area contributed by atoms with E-state index in [1.54, 1.807) is 6.92 Å². The molecule has 2 heterocycles. The molecular formula is C25H27NO4. The van der Waals surface area contributed by atoms with E-state index in [1.807, 2.05) is 4.90 Å². The number of fused-ring (bicyclic) bond motifs is 2. The number of hydrogen-bond donors (Lipinski definition) is 0. The Kier molecular flexibility index (Phi) is 3.18. The molecule has 1 aromatic carbocycles. The summed E-state index contributed by atoms with van der Waals surface area (Å²) in [5, 5.41) is 0. The molecule has 5 heteroatoms. The molecule has 0 N–H and O–H groups in total. The maximum Gasteiger partial charge on any atom is 0.410 e. The number of Topliss-reactive ketones (excluding diaryl/α,β-unsaturated/α-hetero) is 1. The largest absolute Gasteiger partial charge is 0.489 e. The van der Waals surface area contributed by atoms with Crippen LogP contribution in [0.2, 0.25) is 0 Å². The van der Waals surface area contributed by atoms with Crippen molar-refractivity contribution in [3.8, 4) is 5.75 Å². The lowest BCUT2D eigenvalue weighted by Gasteiger charge is -2.70. The van der Waals surface area contributed by atoms with Crippen LogP contribution < -0.4 is 4.74 Å². The predicted octanol–water partition coefficient (Wildman–Crippen LogP) is 3.79. The van der Waals surface area contributed by atoms with E-state index in [4.69, 9.17) is 9.47 Å². The van der Waals surface area contributed by atoms with Crippen molar-refractivity contribution in [3.05, 3.63) is 41.0 Å². The molecule has 1 amide bonds. The van der Waals surface area contributed by atoms with Crippen molar-refractivity contribution < 1.29 is 19.1 Å². The molecule has 156 valence electrons. The molecule has 5 nitrogen and oxygen atoms in total. The van der Waals surface area contributed by atoms with E-state index in [0.717, 1.165) is 50.8 Å². The van der Waals surface area contributed by atoms with Gasteiger partial charge in [-0.25, -0.2) is 4.79 Å². The van der Waals surface area contributed by atoms with Gasteiger partial charge >= 0.3 is 6.09 Å². The lowest BCUT2D eigenvalue weighted by molar-refractivity contribution is -0.195. The number of piperidine rings is 1. The molecule has 6 atom stereocenters. The summed E-state index contributed by atoms with van der Waals surface area (Å²) in [5.74, 6) is 1.66. The quantitative estimate of drug-likeness (QED) is 0.718. The summed E-state index contributed by atoms with van der Waals surface area (Å²) in [5.41, 5.74) is 3.83. The normalized spacial score (nSPS) is 41.0. The van der Waals surface area contributed by atoms with Gasteiger partial charge in [0.25, 0.3) is 0 Å². The van der Waals surface area contributed by atoms with Crippen molar-refractivity contribution >= 4 is 11.9 Å². The third kappa shape index (κ3) is 1.86. The van der Waals surface area contributed by atoms with Gasteiger partial charge in [-0.3, -0.25) is 4.79 Å². The highest BCUT2D eigenvalue weighted by Gasteiger charge is 2.76. The van der Waals surface area contributed by atoms with Gasteiger partial charge < -0.3 is 14.4 Å². The topological polar surface area (TPSA) is 55.8 Å². The summed E-state index contributed by atoms with van der Waals surface area (Å²) in [4.78, 5) is 27.9. The van der Waals surface area contributed by atoms with E-state index in [2.05, 4.69) is 24.3 Å². The van der Waals surface area contributed by atoms with Crippen LogP contribution in [-0.4, -0.2) is 42.1 Å². The molecule has 0 aromatic heterocycles. The highest BCUT2D eigenvalue weighted by molar-refractivity contribution is 5.80. The van der Waals surface area contributed by atoms with Crippen LogP contribution in [0.1, 0.15) is 50.2 Å². The number of carbonyl (C=O) groups is 2. The number of rotatable bonds is 3. The molecule has 7 aliphatic rings. The van der Waals surface area contributed by atoms with Gasteiger partial charge in [-0.1, -0.05) is 18.2 Å². The first-order valence-electron chi connectivity index (χ1n) is 11.5. The molecule has 2 spiro atoms. The SMILES string of the molecule is CC(=O)C1CC23CCC1[C@@H]1Oc4cccc5c4[C@@]12CCN(C(=O)OCC1=CC1)[C@@H]3C5. The fourth-order valence-electron chi connectivity index (χ4n) is 8.23. The Bertz CT molecular complexity index is 1030. The molecule has 30 heavy (non-hydrogen) atoms. The van der Waals surface area contributed by atoms with Gasteiger partial charge in [0.15, 0.2) is 0 Å². The summed E-state index contributed by atoms with van der Waals surface area (Å²) < 4.78 is 12.4. The van der Waals surface area contributed by atoms with Crippen molar-refractivity contribution in [1.82, 2.24) is 4.90 Å². The maximum absolute atomic E-state index is 13.2. The van der Waals surface area contributed by atoms with Crippen LogP contribution in [0.5, 0.6) is 5.75 Å². The smallest absolute Gasteiger partial charge is 0.410 e. The van der Waals surface area contributed by atoms with Crippen molar-refractivity contribution in [3.63, 3.8) is 0 Å². The lowest BCUT2D eigenvalue weighted by atomic mass is 9.36. The number of benzene rings is 1. The zero-order chi connectivity index (χ0) is 20.3. The molecule has 3 unspecified atom stereocenters. The van der Waals surface area contributed by atoms with Gasteiger partial charge in [-0.05, 0) is 62.7 Å². The average Bonchev–Trinajstić information content (AvgIpc) is 3.50. The van der Waals surface area contributed by atoms with E-state index in [0.29, 0.717) is 12.5 Å². The first-order chi connectivity index (χ1) is 14.5. The molecule has 4 bridgehead atoms. The number of amides is 1. The second-order valence-electron chi connectivity index (χ2n) is 10.4. The summed E-state index contributed by atoms with van der Waals surface area (Å²) in [6.07, 6.45) is 7.71. The Morgan fingerprint density at radius 1 is 1.30 bits per heavy atom. The first kappa shape index (κ1) is 17.4. The predicted molar refractivity (Wildman–Crippen MR) is 109 cm³/mol. The molecule has 3 saturated carbocycles. The lowest BCUT2D eigenvalue weighted by Crippen LogP contribution is -2.76. The van der Waals surface area contributed by atoms with E-state index in [1.165, 1.54) is 16.7 Å². The number of likely N-dealkylation sites (tertiary alicyclic amines) is 1. The molecule has 4 fully saturated rings. The monoisotopic (exact) mass is 405 g/mol. The molecule has 8 rings (SSSR count). The molecule has 1 saturated heterocycles. The van der Waals surface area contributed by atoms with Gasteiger partial charge in [-0.2, -0.15) is 0 Å². The van der Waals surface area contributed by atoms with Crippen LogP contribution in [0, 0.1) is 17.3 Å². The van der Waals surface area contributed by atoms with Crippen molar-refractivity contribution in [2.45, 2.75) is 63.0 Å². The standard InChI is InChI=1S/C25H27NO4/c1-14(27)18-12-24-8-7-17(18)22-25(24)9-10-26(23(28)29-13-15-5-6-15)20(24)11-16-3-2-4-19(30-22)21(16)25/h2-5,17-18,20,22H,6-13H2,1H3/t17?,18?,20-,22+,24?,25+/m1/s1. The minimum atomic E-state index is -0.181. The van der Waals surface area contributed by atoms with Crippen LogP contribution in [0.25, 0.3) is 0 Å². The van der Waals surface area contributed by atoms with E-state index < -0.39 is 0 Å². The number of hydrogen-bond acceptors (Lipinski definition) is 4. The third-order valence-electron chi connectivity index (χ3n) is 9.41. The van der Waals surface area contributed by atoms with Crippen molar-refractivity contribution in [1.29, 1.82) is 0 Å². The Balaban J connectivity index is 1.38. The average molecular weight is 405 g/mol. The van der Waals surface area contributed by atoms with Gasteiger partial charge in [0.2, 0.25) is 0 Å². The van der Waals surface area contributed by atoms with Crippen LogP contribution in [0.4, 0.5) is 4.79 Å². The molecule has 1 aromatic rings. The number of nitrogens with zero attached hydrogens (tertiary/aromatic N) is 1. The number of ketones is 1. The van der Waals surface area contributed by atoms with E-state index in [-0.39, 0.29) is 40.8 Å². The number of allylic oxidation sites excluding steroid dienone is 1. The fraction of sp³-hybridized carbons (Fsp3) is 0.600. The third-order valence-corrected chi connectivity index (χ3v) is 9.41. The van der Waals surface area contributed by atoms with Crippen LogP contribution in [-0.2, 0) is 21.4 Å². The summed E-state index contributed by atoms with van der Waals surface area (Å²) in [6, 6.07) is 6.51. The van der Waals surface area contributed by atoms with Crippen molar-refractivity contribution in [2.75, 3.05) is 13.2 Å². The van der Waals surface area contributed by atoms with Crippen molar-refractivity contribution in [2.24, 2.45) is 17.3 Å². The Labute approximate surface area is 176 Å². The maximum atomic E-state index is 13.2. The van der Waals surface area contributed by atoms with Crippen LogP contribution in [0.3, 0.4) is 0 Å². The Hall–Kier alpha value is -2.30. The highest BCUT2D eigenvalue weighted by atomic mass is 16.6. The number of ether oxygens (including phenoxy) is 2. The summed E-state index contributed by atoms with van der Waals surface area (Å²) in [7, 11) is 0. The van der Waals surface area contributed by atoms with Crippen LogP contribution in [0.15, 0.2) is 29.8 Å². The molecular weight excluding hydrogens is 378 g/mol. The number of carbonyl (C=O) groups excluding carboxylic acids is 2. The second-order valence-corrected chi connectivity index (χ2v) is 10.4. The minimum Gasteiger partial charge on any atom is -0.489 e. The first-order valence-corrected chi connectivity index (χ1v) is 11.5. The Morgan fingerprint density at radius 2 is 2.17 bits per heavy atom. The van der Waals surface area contributed by atoms with Crippen LogP contribution >= 0.6 is 0 Å². The zero-order valence-electron chi connectivity index (χ0n) is 17.4. The molecule has 0 radical (unpaired) electrons. The molecule has 5 aliphatic carbocycles. The van der Waals surface area contributed by atoms with E-state index >= 15 is 0 Å². The van der Waals surface area contributed by atoms with Gasteiger partial charge in [0.05, 0.1) is 0 Å². The highest BCUT2D eigenvalue weighted by Crippen LogP contribution is 2.74. The summed E-state index contributed by atoms with van der Waals surface area (Å²) >= 11 is 0. The minimum absolute atomic E-state index is 0.0443. The second kappa shape index (κ2) is 5.49. The summed E-state index contributed by atoms with van der Waals surface area (Å²) in [6.45, 7) is 2.89. The zero-order valence-corrected chi connectivity index (χ0v) is 17.4. The Morgan fingerprint density at radius 3 is 2.97 bits per heavy atom. The van der Waals surface area contributed by atoms with Gasteiger partial charge in [-0.15, -0.1) is 0 Å².